The van der Waals surface area contributed by atoms with E-state index < -0.39 is 0 Å². The number of hydrogen-bond donors (Lipinski definition) is 0. The van der Waals surface area contributed by atoms with Gasteiger partial charge in [-0.15, -0.1) is 0 Å². The molecule has 1 heterocycles. The van der Waals surface area contributed by atoms with Crippen LogP contribution in [-0.2, 0) is 4.74 Å². The third kappa shape index (κ3) is 1.30. The summed E-state index contributed by atoms with van der Waals surface area (Å²) in [6.45, 7) is 0.777. The number of benzene rings is 1. The Kier molecular flexibility index (Phi) is 1.95. The van der Waals surface area contributed by atoms with Gasteiger partial charge in [-0.2, -0.15) is 0 Å². The molecule has 1 aliphatic heterocycles. The summed E-state index contributed by atoms with van der Waals surface area (Å²) in [7, 11) is 0. The van der Waals surface area contributed by atoms with Crippen molar-refractivity contribution in [2.75, 3.05) is 11.6 Å². The fraction of sp³-hybridized carbons (Fsp3) is 0.500. The monoisotopic (exact) mass is 189 g/mol. The molecule has 3 rings (SSSR count). The van der Waals surface area contributed by atoms with Gasteiger partial charge in [0.2, 0.25) is 0 Å². The van der Waals surface area contributed by atoms with E-state index in [9.17, 15) is 0 Å². The van der Waals surface area contributed by atoms with Crippen molar-refractivity contribution in [1.29, 1.82) is 0 Å². The second-order valence-corrected chi connectivity index (χ2v) is 4.19. The number of anilines is 1. The van der Waals surface area contributed by atoms with Gasteiger partial charge in [0.1, 0.15) is 6.73 Å². The second kappa shape index (κ2) is 3.28. The van der Waals surface area contributed by atoms with E-state index in [1.807, 2.05) is 0 Å². The van der Waals surface area contributed by atoms with E-state index >= 15 is 0 Å². The normalized spacial score (nSPS) is 30.7. The van der Waals surface area contributed by atoms with Crippen LogP contribution in [0.2, 0.25) is 0 Å². The van der Waals surface area contributed by atoms with Crippen LogP contribution in [0, 0.1) is 0 Å². The summed E-state index contributed by atoms with van der Waals surface area (Å²) in [5, 5.41) is 0. The van der Waals surface area contributed by atoms with Crippen molar-refractivity contribution in [2.24, 2.45) is 0 Å². The smallest absolute Gasteiger partial charge is 0.119 e. The lowest BCUT2D eigenvalue weighted by atomic mass is 10.1. The summed E-state index contributed by atoms with van der Waals surface area (Å²) in [5.74, 6) is 0. The highest BCUT2D eigenvalue weighted by molar-refractivity contribution is 5.47. The molecule has 74 valence electrons. The van der Waals surface area contributed by atoms with E-state index in [1.165, 1.54) is 24.9 Å². The Morgan fingerprint density at radius 3 is 2.86 bits per heavy atom. The molecule has 0 spiro atoms. The quantitative estimate of drug-likeness (QED) is 0.672. The van der Waals surface area contributed by atoms with Gasteiger partial charge in [-0.05, 0) is 31.4 Å². The maximum Gasteiger partial charge on any atom is 0.119 e. The number of ether oxygens (including phenoxy) is 1. The summed E-state index contributed by atoms with van der Waals surface area (Å²) < 4.78 is 5.76. The molecule has 0 amide bonds. The van der Waals surface area contributed by atoms with Crippen molar-refractivity contribution in [3.8, 4) is 0 Å². The molecular weight excluding hydrogens is 174 g/mol. The van der Waals surface area contributed by atoms with E-state index in [2.05, 4.69) is 35.2 Å². The predicted molar refractivity (Wildman–Crippen MR) is 56.3 cm³/mol. The number of hydrogen-bond acceptors (Lipinski definition) is 2. The average Bonchev–Trinajstić information content (AvgIpc) is 2.62. The summed E-state index contributed by atoms with van der Waals surface area (Å²) in [6.07, 6.45) is 4.29. The molecule has 14 heavy (non-hydrogen) atoms. The van der Waals surface area contributed by atoms with Gasteiger partial charge in [-0.3, -0.25) is 0 Å². The van der Waals surface area contributed by atoms with Crippen molar-refractivity contribution >= 4 is 5.69 Å². The molecule has 0 N–H and O–H groups in total. The highest BCUT2D eigenvalue weighted by Gasteiger charge is 2.34. The molecule has 0 radical (unpaired) electrons. The van der Waals surface area contributed by atoms with Crippen LogP contribution < -0.4 is 4.90 Å². The minimum absolute atomic E-state index is 0.542. The van der Waals surface area contributed by atoms with Gasteiger partial charge in [0.25, 0.3) is 0 Å². The van der Waals surface area contributed by atoms with Crippen LogP contribution in [0.4, 0.5) is 5.69 Å². The molecular formula is C12H15NO. The van der Waals surface area contributed by atoms with Crippen molar-refractivity contribution in [1.82, 2.24) is 0 Å². The summed E-state index contributed by atoms with van der Waals surface area (Å²) >= 11 is 0. The number of para-hydroxylation sites is 1. The molecule has 2 aliphatic rings. The lowest BCUT2D eigenvalue weighted by Crippen LogP contribution is -2.40. The van der Waals surface area contributed by atoms with Gasteiger partial charge in [0.15, 0.2) is 0 Å². The largest absolute Gasteiger partial charge is 0.358 e. The summed E-state index contributed by atoms with van der Waals surface area (Å²) in [4.78, 5) is 2.39. The van der Waals surface area contributed by atoms with Crippen LogP contribution >= 0.6 is 0 Å². The molecule has 1 aliphatic carbocycles. The first-order valence-electron chi connectivity index (χ1n) is 5.37. The summed E-state index contributed by atoms with van der Waals surface area (Å²) in [5.41, 5.74) is 1.30. The molecule has 1 aromatic carbocycles. The van der Waals surface area contributed by atoms with E-state index in [1.54, 1.807) is 0 Å². The fourth-order valence-electron chi connectivity index (χ4n) is 2.55. The van der Waals surface area contributed by atoms with Crippen molar-refractivity contribution in [2.45, 2.75) is 31.4 Å². The molecule has 2 bridgehead atoms. The van der Waals surface area contributed by atoms with Crippen LogP contribution in [0.5, 0.6) is 0 Å². The summed E-state index contributed by atoms with van der Waals surface area (Å²) in [6, 6.07) is 11.3. The Balaban J connectivity index is 1.85. The number of nitrogens with zero attached hydrogens (tertiary/aromatic N) is 1. The van der Waals surface area contributed by atoms with E-state index in [-0.39, 0.29) is 0 Å². The topological polar surface area (TPSA) is 12.5 Å². The van der Waals surface area contributed by atoms with Gasteiger partial charge >= 0.3 is 0 Å². The molecule has 0 aromatic heterocycles. The lowest BCUT2D eigenvalue weighted by molar-refractivity contribution is 0.0371. The maximum atomic E-state index is 5.76. The highest BCUT2D eigenvalue weighted by Crippen LogP contribution is 2.34. The van der Waals surface area contributed by atoms with Gasteiger partial charge in [0.05, 0.1) is 6.10 Å². The first kappa shape index (κ1) is 8.30. The van der Waals surface area contributed by atoms with Crippen LogP contribution in [0.1, 0.15) is 19.3 Å². The minimum Gasteiger partial charge on any atom is -0.358 e. The third-order valence-corrected chi connectivity index (χ3v) is 3.33. The van der Waals surface area contributed by atoms with Gasteiger partial charge < -0.3 is 9.64 Å². The van der Waals surface area contributed by atoms with Crippen LogP contribution in [0.15, 0.2) is 30.3 Å². The van der Waals surface area contributed by atoms with E-state index in [4.69, 9.17) is 4.74 Å². The van der Waals surface area contributed by atoms with Crippen molar-refractivity contribution < 1.29 is 4.74 Å². The predicted octanol–water partition coefficient (Wildman–Crippen LogP) is 2.40. The van der Waals surface area contributed by atoms with Crippen LogP contribution in [-0.4, -0.2) is 18.9 Å². The number of rotatable bonds is 1. The van der Waals surface area contributed by atoms with E-state index in [0.717, 1.165) is 12.8 Å². The molecule has 2 heteroatoms. The molecule has 1 saturated carbocycles. The third-order valence-electron chi connectivity index (χ3n) is 3.33. The Morgan fingerprint density at radius 1 is 1.14 bits per heavy atom. The molecule has 2 fully saturated rings. The van der Waals surface area contributed by atoms with Gasteiger partial charge in [-0.1, -0.05) is 18.2 Å². The molecule has 2 unspecified atom stereocenters. The lowest BCUT2D eigenvalue weighted by Gasteiger charge is -2.35. The number of fused-ring (bicyclic) bond motifs is 2. The van der Waals surface area contributed by atoms with Gasteiger partial charge in [-0.25, -0.2) is 0 Å². The maximum absolute atomic E-state index is 5.76. The zero-order chi connectivity index (χ0) is 9.38. The van der Waals surface area contributed by atoms with Gasteiger partial charge in [0, 0.05) is 11.7 Å². The molecule has 1 aromatic rings. The fourth-order valence-corrected chi connectivity index (χ4v) is 2.55. The first-order chi connectivity index (χ1) is 6.93. The van der Waals surface area contributed by atoms with Crippen molar-refractivity contribution in [3.63, 3.8) is 0 Å². The standard InChI is InChI=1S/C12H15NO/c1-2-4-10(5-3-1)13-9-14-12-7-6-11(13)8-12/h1-5,11-12H,6-9H2. The Bertz CT molecular complexity index is 311. The van der Waals surface area contributed by atoms with Crippen LogP contribution in [0.3, 0.4) is 0 Å². The second-order valence-electron chi connectivity index (χ2n) is 4.19. The van der Waals surface area contributed by atoms with E-state index in [0.29, 0.717) is 6.10 Å². The highest BCUT2D eigenvalue weighted by atomic mass is 16.5. The molecule has 1 saturated heterocycles. The molecule has 2 atom stereocenters. The first-order valence-corrected chi connectivity index (χ1v) is 5.37. The SMILES string of the molecule is c1ccc(N2COC3CCC2C3)cc1. The Hall–Kier alpha value is -1.02. The Morgan fingerprint density at radius 2 is 2.00 bits per heavy atom. The minimum atomic E-state index is 0.542. The zero-order valence-electron chi connectivity index (χ0n) is 8.23. The zero-order valence-corrected chi connectivity index (χ0v) is 8.23. The van der Waals surface area contributed by atoms with Crippen LogP contribution in [0.25, 0.3) is 0 Å². The van der Waals surface area contributed by atoms with Crippen molar-refractivity contribution in [3.05, 3.63) is 30.3 Å². The molecule has 2 nitrogen and oxygen atoms in total. The average molecular weight is 189 g/mol. The Labute approximate surface area is 84.5 Å².